The van der Waals surface area contributed by atoms with Gasteiger partial charge in [0.15, 0.2) is 12.4 Å². The molecule has 5 nitrogen and oxygen atoms in total. The lowest BCUT2D eigenvalue weighted by atomic mass is 10.1. The summed E-state index contributed by atoms with van der Waals surface area (Å²) in [4.78, 5) is 39.3. The van der Waals surface area contributed by atoms with Crippen LogP contribution in [0.4, 0.5) is 4.39 Å². The summed E-state index contributed by atoms with van der Waals surface area (Å²) in [6, 6.07) is 4.02. The third-order valence-electron chi connectivity index (χ3n) is 4.18. The monoisotopic (exact) mass is 407 g/mol. The number of benzene rings is 1. The number of halogens is 2. The standard InChI is InChI=1S/C19H15ClFNO4S/c1-8-15(10(3)23)9(2)22-17(8)13(24)7-26-19(25)18-16(20)12-5-4-11(21)6-14(12)27-18/h4-6,22H,7H2,1-3H3. The van der Waals surface area contributed by atoms with Gasteiger partial charge in [0.1, 0.15) is 10.7 Å². The highest BCUT2D eigenvalue weighted by molar-refractivity contribution is 7.21. The number of esters is 1. The Balaban J connectivity index is 1.78. The minimum absolute atomic E-state index is 0.105. The minimum Gasteiger partial charge on any atom is -0.453 e. The number of Topliss-reactive ketones (excluding diaryl/α,β-unsaturated/α-hetero) is 2. The molecule has 3 rings (SSSR count). The Morgan fingerprint density at radius 2 is 1.96 bits per heavy atom. The first-order valence-electron chi connectivity index (χ1n) is 7.98. The molecule has 0 unspecified atom stereocenters. The predicted molar refractivity (Wildman–Crippen MR) is 102 cm³/mol. The number of ketones is 2. The highest BCUT2D eigenvalue weighted by Crippen LogP contribution is 2.36. The first-order valence-corrected chi connectivity index (χ1v) is 9.18. The van der Waals surface area contributed by atoms with Gasteiger partial charge in [0, 0.05) is 21.3 Å². The number of aromatic amines is 1. The largest absolute Gasteiger partial charge is 0.453 e. The van der Waals surface area contributed by atoms with Gasteiger partial charge in [0.05, 0.1) is 10.7 Å². The van der Waals surface area contributed by atoms with E-state index in [1.807, 2.05) is 0 Å². The molecular weight excluding hydrogens is 393 g/mol. The molecule has 27 heavy (non-hydrogen) atoms. The van der Waals surface area contributed by atoms with Crippen molar-refractivity contribution < 1.29 is 23.5 Å². The quantitative estimate of drug-likeness (QED) is 0.483. The van der Waals surface area contributed by atoms with Gasteiger partial charge in [-0.25, -0.2) is 9.18 Å². The van der Waals surface area contributed by atoms with Gasteiger partial charge in [-0.2, -0.15) is 0 Å². The number of aryl methyl sites for hydroxylation is 1. The molecule has 0 aliphatic rings. The third-order valence-corrected chi connectivity index (χ3v) is 5.82. The Bertz CT molecular complexity index is 1100. The number of ether oxygens (including phenoxy) is 1. The Kier molecular flexibility index (Phi) is 5.17. The molecule has 140 valence electrons. The highest BCUT2D eigenvalue weighted by atomic mass is 35.5. The molecule has 0 saturated heterocycles. The molecule has 2 aromatic heterocycles. The molecule has 1 aromatic carbocycles. The molecule has 0 saturated carbocycles. The molecule has 0 spiro atoms. The van der Waals surface area contributed by atoms with E-state index >= 15 is 0 Å². The van der Waals surface area contributed by atoms with Crippen molar-refractivity contribution >= 4 is 50.6 Å². The van der Waals surface area contributed by atoms with Crippen LogP contribution in [0.1, 0.15) is 48.7 Å². The van der Waals surface area contributed by atoms with E-state index < -0.39 is 24.2 Å². The predicted octanol–water partition coefficient (Wildman–Crippen LogP) is 4.88. The second-order valence-electron chi connectivity index (χ2n) is 6.07. The zero-order valence-electron chi connectivity index (χ0n) is 14.7. The van der Waals surface area contributed by atoms with E-state index in [-0.39, 0.29) is 21.4 Å². The first-order chi connectivity index (χ1) is 12.7. The van der Waals surface area contributed by atoms with Crippen LogP contribution in [-0.2, 0) is 4.74 Å². The number of nitrogens with one attached hydrogen (secondary N) is 1. The van der Waals surface area contributed by atoms with E-state index in [2.05, 4.69) is 4.98 Å². The van der Waals surface area contributed by atoms with Gasteiger partial charge in [0.25, 0.3) is 0 Å². The fourth-order valence-corrected chi connectivity index (χ4v) is 4.42. The lowest BCUT2D eigenvalue weighted by molar-refractivity contribution is 0.0478. The molecule has 0 fully saturated rings. The highest BCUT2D eigenvalue weighted by Gasteiger charge is 2.23. The van der Waals surface area contributed by atoms with E-state index in [4.69, 9.17) is 16.3 Å². The number of H-pyrrole nitrogens is 1. The lowest BCUT2D eigenvalue weighted by Gasteiger charge is -2.03. The summed E-state index contributed by atoms with van der Waals surface area (Å²) < 4.78 is 18.9. The molecular formula is C19H15ClFNO4S. The lowest BCUT2D eigenvalue weighted by Crippen LogP contribution is -2.15. The molecule has 1 N–H and O–H groups in total. The van der Waals surface area contributed by atoms with Gasteiger partial charge in [-0.3, -0.25) is 9.59 Å². The van der Waals surface area contributed by atoms with Crippen molar-refractivity contribution in [2.45, 2.75) is 20.8 Å². The van der Waals surface area contributed by atoms with Crippen LogP contribution in [0, 0.1) is 19.7 Å². The number of fused-ring (bicyclic) bond motifs is 1. The number of rotatable bonds is 5. The van der Waals surface area contributed by atoms with Gasteiger partial charge >= 0.3 is 5.97 Å². The van der Waals surface area contributed by atoms with Gasteiger partial charge in [0.2, 0.25) is 5.78 Å². The van der Waals surface area contributed by atoms with Crippen molar-refractivity contribution in [2.75, 3.05) is 6.61 Å². The SMILES string of the molecule is CC(=O)c1c(C)[nH]c(C(=O)COC(=O)c2sc3cc(F)ccc3c2Cl)c1C. The number of aromatic nitrogens is 1. The summed E-state index contributed by atoms with van der Waals surface area (Å²) >= 11 is 7.18. The van der Waals surface area contributed by atoms with Crippen molar-refractivity contribution in [3.8, 4) is 0 Å². The van der Waals surface area contributed by atoms with Crippen molar-refractivity contribution in [1.82, 2.24) is 4.98 Å². The molecule has 2 heterocycles. The molecule has 0 bridgehead atoms. The van der Waals surface area contributed by atoms with Gasteiger partial charge in [-0.15, -0.1) is 11.3 Å². The number of hydrogen-bond acceptors (Lipinski definition) is 5. The van der Waals surface area contributed by atoms with Crippen LogP contribution < -0.4 is 0 Å². The maximum Gasteiger partial charge on any atom is 0.350 e. The average Bonchev–Trinajstić information content (AvgIpc) is 3.08. The second-order valence-corrected chi connectivity index (χ2v) is 7.50. The zero-order chi connectivity index (χ0) is 19.9. The van der Waals surface area contributed by atoms with Crippen molar-refractivity contribution in [1.29, 1.82) is 0 Å². The average molecular weight is 408 g/mol. The number of carbonyl (C=O) groups is 3. The molecule has 0 aliphatic heterocycles. The zero-order valence-corrected chi connectivity index (χ0v) is 16.3. The Labute approximate surface area is 163 Å². The minimum atomic E-state index is -0.761. The summed E-state index contributed by atoms with van der Waals surface area (Å²) in [5, 5.41) is 0.710. The normalized spacial score (nSPS) is 11.0. The van der Waals surface area contributed by atoms with Crippen LogP contribution in [0.3, 0.4) is 0 Å². The van der Waals surface area contributed by atoms with Crippen LogP contribution in [0.25, 0.3) is 10.1 Å². The Morgan fingerprint density at radius 3 is 2.59 bits per heavy atom. The number of carbonyl (C=O) groups excluding carboxylic acids is 3. The number of thiophene rings is 1. The van der Waals surface area contributed by atoms with Gasteiger partial charge in [-0.1, -0.05) is 11.6 Å². The van der Waals surface area contributed by atoms with Crippen LogP contribution in [0.15, 0.2) is 18.2 Å². The van der Waals surface area contributed by atoms with Crippen molar-refractivity contribution in [2.24, 2.45) is 0 Å². The van der Waals surface area contributed by atoms with Crippen molar-refractivity contribution in [3.63, 3.8) is 0 Å². The molecule has 0 aliphatic carbocycles. The smallest absolute Gasteiger partial charge is 0.350 e. The van der Waals surface area contributed by atoms with Gasteiger partial charge < -0.3 is 9.72 Å². The fourth-order valence-electron chi connectivity index (χ4n) is 3.00. The van der Waals surface area contributed by atoms with Crippen LogP contribution in [0.2, 0.25) is 5.02 Å². The van der Waals surface area contributed by atoms with E-state index in [1.54, 1.807) is 13.8 Å². The van der Waals surface area contributed by atoms with E-state index in [0.717, 1.165) is 11.3 Å². The summed E-state index contributed by atoms with van der Waals surface area (Å²) in [6.45, 7) is 4.27. The summed E-state index contributed by atoms with van der Waals surface area (Å²) in [5.41, 5.74) is 1.80. The van der Waals surface area contributed by atoms with E-state index in [9.17, 15) is 18.8 Å². The summed E-state index contributed by atoms with van der Waals surface area (Å²) in [7, 11) is 0. The van der Waals surface area contributed by atoms with Crippen LogP contribution in [0.5, 0.6) is 0 Å². The Hall–Kier alpha value is -2.51. The van der Waals surface area contributed by atoms with E-state index in [1.165, 1.54) is 25.1 Å². The van der Waals surface area contributed by atoms with Crippen molar-refractivity contribution in [3.05, 3.63) is 56.4 Å². The summed E-state index contributed by atoms with van der Waals surface area (Å²) in [6.07, 6.45) is 0. The maximum atomic E-state index is 13.3. The third kappa shape index (κ3) is 3.52. The fraction of sp³-hybridized carbons (Fsp3) is 0.211. The topological polar surface area (TPSA) is 76.2 Å². The Morgan fingerprint density at radius 1 is 1.26 bits per heavy atom. The van der Waals surface area contributed by atoms with Crippen LogP contribution >= 0.6 is 22.9 Å². The van der Waals surface area contributed by atoms with Gasteiger partial charge in [-0.05, 0) is 44.5 Å². The number of hydrogen-bond donors (Lipinski definition) is 1. The van der Waals surface area contributed by atoms with E-state index in [0.29, 0.717) is 26.9 Å². The molecule has 0 atom stereocenters. The molecule has 0 radical (unpaired) electrons. The molecule has 8 heteroatoms. The molecule has 3 aromatic rings. The summed E-state index contributed by atoms with van der Waals surface area (Å²) in [5.74, 6) is -1.81. The first kappa shape index (κ1) is 19.3. The second kappa shape index (κ2) is 7.25. The molecule has 0 amide bonds. The van der Waals surface area contributed by atoms with Crippen LogP contribution in [-0.4, -0.2) is 29.1 Å². The maximum absolute atomic E-state index is 13.3.